The smallest absolute Gasteiger partial charge is 0.304 e. The highest BCUT2D eigenvalue weighted by molar-refractivity contribution is 8.00. The van der Waals surface area contributed by atoms with Gasteiger partial charge in [-0.25, -0.2) is 0 Å². The lowest BCUT2D eigenvalue weighted by Crippen LogP contribution is -2.34. The SMILES string of the molecule is O=C(O)CCN(CC1Cc2ccccc2S1)C1CC1. The molecule has 19 heavy (non-hydrogen) atoms. The van der Waals surface area contributed by atoms with Crippen LogP contribution >= 0.6 is 11.8 Å². The molecule has 102 valence electrons. The van der Waals surface area contributed by atoms with Gasteiger partial charge in [0.1, 0.15) is 0 Å². The number of carbonyl (C=O) groups is 1. The summed E-state index contributed by atoms with van der Waals surface area (Å²) in [4.78, 5) is 14.5. The first-order valence-electron chi connectivity index (χ1n) is 6.93. The molecule has 0 aromatic heterocycles. The van der Waals surface area contributed by atoms with E-state index in [1.807, 2.05) is 11.8 Å². The summed E-state index contributed by atoms with van der Waals surface area (Å²) in [6.07, 6.45) is 3.87. The highest BCUT2D eigenvalue weighted by Crippen LogP contribution is 2.38. The van der Waals surface area contributed by atoms with Crippen molar-refractivity contribution in [2.45, 2.75) is 41.9 Å². The minimum Gasteiger partial charge on any atom is -0.481 e. The largest absolute Gasteiger partial charge is 0.481 e. The second-order valence-corrected chi connectivity index (χ2v) is 6.76. The Kier molecular flexibility index (Phi) is 3.80. The molecule has 0 saturated heterocycles. The van der Waals surface area contributed by atoms with E-state index in [0.717, 1.165) is 13.0 Å². The Morgan fingerprint density at radius 2 is 2.16 bits per heavy atom. The van der Waals surface area contributed by atoms with Crippen molar-refractivity contribution in [2.24, 2.45) is 0 Å². The Hall–Kier alpha value is -1.00. The Balaban J connectivity index is 1.57. The lowest BCUT2D eigenvalue weighted by Gasteiger charge is -2.24. The normalized spacial score (nSPS) is 21.6. The zero-order valence-corrected chi connectivity index (χ0v) is 11.7. The van der Waals surface area contributed by atoms with Gasteiger partial charge in [0.25, 0.3) is 0 Å². The lowest BCUT2D eigenvalue weighted by molar-refractivity contribution is -0.137. The molecule has 0 amide bonds. The fourth-order valence-electron chi connectivity index (χ4n) is 2.72. The Labute approximate surface area is 118 Å². The maximum atomic E-state index is 10.7. The lowest BCUT2D eigenvalue weighted by atomic mass is 10.1. The van der Waals surface area contributed by atoms with E-state index < -0.39 is 5.97 Å². The Bertz CT molecular complexity index is 448. The maximum absolute atomic E-state index is 10.7. The Morgan fingerprint density at radius 3 is 2.84 bits per heavy atom. The predicted molar refractivity (Wildman–Crippen MR) is 76.6 cm³/mol. The third-order valence-electron chi connectivity index (χ3n) is 3.83. The van der Waals surface area contributed by atoms with Crippen molar-refractivity contribution in [3.8, 4) is 0 Å². The third kappa shape index (κ3) is 3.31. The summed E-state index contributed by atoms with van der Waals surface area (Å²) in [7, 11) is 0. The molecule has 1 unspecified atom stereocenters. The fourth-order valence-corrected chi connectivity index (χ4v) is 4.07. The van der Waals surface area contributed by atoms with Crippen LogP contribution in [0.25, 0.3) is 0 Å². The molecule has 4 heteroatoms. The average Bonchev–Trinajstić information content (AvgIpc) is 3.14. The second-order valence-electron chi connectivity index (χ2n) is 5.42. The van der Waals surface area contributed by atoms with E-state index in [0.29, 0.717) is 17.8 Å². The molecular formula is C15H19NO2S. The third-order valence-corrected chi connectivity index (χ3v) is 5.13. The molecule has 1 aromatic rings. The molecule has 1 aliphatic heterocycles. The van der Waals surface area contributed by atoms with Crippen molar-refractivity contribution >= 4 is 17.7 Å². The maximum Gasteiger partial charge on any atom is 0.304 e. The first kappa shape index (κ1) is 13.0. The van der Waals surface area contributed by atoms with Gasteiger partial charge in [-0.3, -0.25) is 9.69 Å². The van der Waals surface area contributed by atoms with E-state index in [2.05, 4.69) is 29.2 Å². The number of fused-ring (bicyclic) bond motifs is 1. The molecule has 1 fully saturated rings. The van der Waals surface area contributed by atoms with E-state index >= 15 is 0 Å². The molecule has 1 aliphatic carbocycles. The molecule has 1 heterocycles. The van der Waals surface area contributed by atoms with Crippen LogP contribution in [0.4, 0.5) is 0 Å². The van der Waals surface area contributed by atoms with Crippen LogP contribution < -0.4 is 0 Å². The average molecular weight is 277 g/mol. The minimum absolute atomic E-state index is 0.265. The van der Waals surface area contributed by atoms with Crippen molar-refractivity contribution in [3.63, 3.8) is 0 Å². The van der Waals surface area contributed by atoms with Gasteiger partial charge in [-0.1, -0.05) is 18.2 Å². The quantitative estimate of drug-likeness (QED) is 0.868. The Morgan fingerprint density at radius 1 is 1.37 bits per heavy atom. The van der Waals surface area contributed by atoms with Gasteiger partial charge in [0.05, 0.1) is 6.42 Å². The minimum atomic E-state index is -0.687. The van der Waals surface area contributed by atoms with Crippen molar-refractivity contribution in [3.05, 3.63) is 29.8 Å². The number of carboxylic acids is 1. The van der Waals surface area contributed by atoms with Crippen LogP contribution in [0.2, 0.25) is 0 Å². The molecular weight excluding hydrogens is 258 g/mol. The molecule has 0 spiro atoms. The van der Waals surface area contributed by atoms with Crippen LogP contribution in [0.5, 0.6) is 0 Å². The summed E-state index contributed by atoms with van der Waals surface area (Å²) in [6.45, 7) is 1.73. The number of thioether (sulfide) groups is 1. The van der Waals surface area contributed by atoms with Crippen molar-refractivity contribution < 1.29 is 9.90 Å². The first-order valence-corrected chi connectivity index (χ1v) is 7.81. The van der Waals surface area contributed by atoms with Crippen LogP contribution in [0.1, 0.15) is 24.8 Å². The van der Waals surface area contributed by atoms with Gasteiger partial charge in [-0.15, -0.1) is 11.8 Å². The van der Waals surface area contributed by atoms with Gasteiger partial charge in [0.2, 0.25) is 0 Å². The predicted octanol–water partition coefficient (Wildman–Crippen LogP) is 2.64. The molecule has 1 aromatic carbocycles. The molecule has 3 rings (SSSR count). The van der Waals surface area contributed by atoms with Crippen molar-refractivity contribution in [2.75, 3.05) is 13.1 Å². The molecule has 0 radical (unpaired) electrons. The molecule has 3 nitrogen and oxygen atoms in total. The van der Waals surface area contributed by atoms with Gasteiger partial charge >= 0.3 is 5.97 Å². The summed E-state index contributed by atoms with van der Waals surface area (Å²) >= 11 is 1.95. The number of nitrogens with zero attached hydrogens (tertiary/aromatic N) is 1. The van der Waals surface area contributed by atoms with E-state index in [9.17, 15) is 4.79 Å². The monoisotopic (exact) mass is 277 g/mol. The van der Waals surface area contributed by atoms with E-state index in [4.69, 9.17) is 5.11 Å². The molecule has 0 bridgehead atoms. The second kappa shape index (κ2) is 5.55. The van der Waals surface area contributed by atoms with Gasteiger partial charge in [-0.05, 0) is 30.9 Å². The molecule has 2 aliphatic rings. The van der Waals surface area contributed by atoms with Crippen LogP contribution in [0.15, 0.2) is 29.2 Å². The number of hydrogen-bond acceptors (Lipinski definition) is 3. The number of rotatable bonds is 6. The van der Waals surface area contributed by atoms with Gasteiger partial charge < -0.3 is 5.11 Å². The number of carboxylic acid groups (broad SMARTS) is 1. The van der Waals surface area contributed by atoms with Gasteiger partial charge in [-0.2, -0.15) is 0 Å². The van der Waals surface area contributed by atoms with Crippen molar-refractivity contribution in [1.29, 1.82) is 0 Å². The number of aliphatic carboxylic acids is 1. The summed E-state index contributed by atoms with van der Waals surface area (Å²) in [5, 5.41) is 9.43. The molecule has 1 N–H and O–H groups in total. The van der Waals surface area contributed by atoms with Crippen molar-refractivity contribution in [1.82, 2.24) is 4.90 Å². The summed E-state index contributed by atoms with van der Waals surface area (Å²) in [5.74, 6) is -0.687. The van der Waals surface area contributed by atoms with Gasteiger partial charge in [0, 0.05) is 29.3 Å². The molecule has 1 saturated carbocycles. The topological polar surface area (TPSA) is 40.5 Å². The standard InChI is InChI=1S/C15H19NO2S/c17-15(18)7-8-16(12-5-6-12)10-13-9-11-3-1-2-4-14(11)19-13/h1-4,12-13H,5-10H2,(H,17,18). The van der Waals surface area contributed by atoms with Crippen LogP contribution in [-0.2, 0) is 11.2 Å². The van der Waals surface area contributed by atoms with E-state index in [-0.39, 0.29) is 6.42 Å². The van der Waals surface area contributed by atoms with Gasteiger partial charge in [0.15, 0.2) is 0 Å². The molecule has 1 atom stereocenters. The summed E-state index contributed by atoms with van der Waals surface area (Å²) in [5.41, 5.74) is 1.45. The number of benzene rings is 1. The highest BCUT2D eigenvalue weighted by Gasteiger charge is 2.32. The van der Waals surface area contributed by atoms with E-state index in [1.54, 1.807) is 0 Å². The number of hydrogen-bond donors (Lipinski definition) is 1. The zero-order chi connectivity index (χ0) is 13.2. The fraction of sp³-hybridized carbons (Fsp3) is 0.533. The highest BCUT2D eigenvalue weighted by atomic mass is 32.2. The zero-order valence-electron chi connectivity index (χ0n) is 10.9. The first-order chi connectivity index (χ1) is 9.22. The van der Waals surface area contributed by atoms with Crippen LogP contribution in [0, 0.1) is 0 Å². The summed E-state index contributed by atoms with van der Waals surface area (Å²) in [6, 6.07) is 9.24. The van der Waals surface area contributed by atoms with Crippen LogP contribution in [-0.4, -0.2) is 40.4 Å². The summed E-state index contributed by atoms with van der Waals surface area (Å²) < 4.78 is 0. The van der Waals surface area contributed by atoms with Crippen LogP contribution in [0.3, 0.4) is 0 Å². The van der Waals surface area contributed by atoms with E-state index in [1.165, 1.54) is 23.3 Å².